The van der Waals surface area contributed by atoms with Crippen LogP contribution in [0.25, 0.3) is 0 Å². The second kappa shape index (κ2) is 3.58. The van der Waals surface area contributed by atoms with Crippen molar-refractivity contribution in [2.24, 2.45) is 0 Å². The lowest BCUT2D eigenvalue weighted by Crippen LogP contribution is -2.35. The zero-order valence-corrected chi connectivity index (χ0v) is 9.60. The Hall–Kier alpha value is -1.84. The van der Waals surface area contributed by atoms with Gasteiger partial charge in [-0.2, -0.15) is 0 Å². The summed E-state index contributed by atoms with van der Waals surface area (Å²) in [6, 6.07) is 5.32. The largest absolute Gasteiger partial charge is 0.496 e. The number of amides is 1. The molecule has 1 unspecified atom stereocenters. The van der Waals surface area contributed by atoms with Crippen LogP contribution in [0, 0.1) is 0 Å². The number of hydrogen-bond donors (Lipinski definition) is 0. The maximum Gasteiger partial charge on any atom is 0.231 e. The van der Waals surface area contributed by atoms with E-state index in [-0.39, 0.29) is 24.2 Å². The number of ketones is 1. The van der Waals surface area contributed by atoms with E-state index in [4.69, 9.17) is 4.74 Å². The molecule has 4 heteroatoms. The van der Waals surface area contributed by atoms with Crippen LogP contribution in [-0.4, -0.2) is 30.2 Å². The predicted molar refractivity (Wildman–Crippen MR) is 60.8 cm³/mol. The molecule has 1 aromatic rings. The standard InChI is InChI=1S/C13H13NO3/c1-17-11-4-2-3-9-8(11)5-6-14-12(16)7-10(15)13(9)14/h2-4,13H,5-7H2,1H3. The first-order chi connectivity index (χ1) is 8.22. The smallest absolute Gasteiger partial charge is 0.231 e. The Bertz CT molecular complexity index is 509. The van der Waals surface area contributed by atoms with Crippen LogP contribution in [0.4, 0.5) is 0 Å². The molecule has 0 aliphatic carbocycles. The van der Waals surface area contributed by atoms with Gasteiger partial charge in [-0.15, -0.1) is 0 Å². The number of methoxy groups -OCH3 is 1. The third kappa shape index (κ3) is 1.37. The maximum atomic E-state index is 11.9. The monoisotopic (exact) mass is 231 g/mol. The Morgan fingerprint density at radius 1 is 1.35 bits per heavy atom. The molecule has 0 spiro atoms. The van der Waals surface area contributed by atoms with Gasteiger partial charge in [-0.3, -0.25) is 9.59 Å². The van der Waals surface area contributed by atoms with E-state index in [9.17, 15) is 9.59 Å². The minimum absolute atomic E-state index is 0.00389. The molecule has 1 fully saturated rings. The molecule has 0 saturated carbocycles. The van der Waals surface area contributed by atoms with Crippen LogP contribution >= 0.6 is 0 Å². The predicted octanol–water partition coefficient (Wildman–Crippen LogP) is 1.09. The number of nitrogens with zero attached hydrogens (tertiary/aromatic N) is 1. The average molecular weight is 231 g/mol. The van der Waals surface area contributed by atoms with Gasteiger partial charge in [0.05, 0.1) is 13.5 Å². The number of benzene rings is 1. The van der Waals surface area contributed by atoms with Crippen LogP contribution in [0.15, 0.2) is 18.2 Å². The first-order valence-electron chi connectivity index (χ1n) is 5.70. The first kappa shape index (κ1) is 10.3. The Kier molecular flexibility index (Phi) is 2.18. The number of carbonyl (C=O) groups excluding carboxylic acids is 2. The molecule has 1 atom stereocenters. The quantitative estimate of drug-likeness (QED) is 0.680. The van der Waals surface area contributed by atoms with Crippen molar-refractivity contribution < 1.29 is 14.3 Å². The molecular weight excluding hydrogens is 218 g/mol. The van der Waals surface area contributed by atoms with Crippen molar-refractivity contribution in [2.75, 3.05) is 13.7 Å². The number of fused-ring (bicyclic) bond motifs is 3. The third-order valence-corrected chi connectivity index (χ3v) is 3.55. The van der Waals surface area contributed by atoms with Gasteiger partial charge in [0.25, 0.3) is 0 Å². The average Bonchev–Trinajstić information content (AvgIpc) is 2.64. The van der Waals surface area contributed by atoms with Crippen molar-refractivity contribution in [2.45, 2.75) is 18.9 Å². The summed E-state index contributed by atoms with van der Waals surface area (Å²) < 4.78 is 5.31. The van der Waals surface area contributed by atoms with E-state index in [2.05, 4.69) is 0 Å². The molecule has 0 N–H and O–H groups in total. The van der Waals surface area contributed by atoms with Gasteiger partial charge in [0.15, 0.2) is 5.78 Å². The summed E-state index contributed by atoms with van der Waals surface area (Å²) in [4.78, 5) is 25.2. The van der Waals surface area contributed by atoms with E-state index in [0.717, 1.165) is 23.3 Å². The normalized spacial score (nSPS) is 22.4. The molecular formula is C13H13NO3. The van der Waals surface area contributed by atoms with E-state index in [1.165, 1.54) is 0 Å². The molecule has 3 rings (SSSR count). The second-order valence-corrected chi connectivity index (χ2v) is 4.41. The first-order valence-corrected chi connectivity index (χ1v) is 5.70. The fourth-order valence-corrected chi connectivity index (χ4v) is 2.79. The van der Waals surface area contributed by atoms with E-state index in [1.807, 2.05) is 18.2 Å². The zero-order chi connectivity index (χ0) is 12.0. The Labute approximate surface area is 99.2 Å². The molecule has 2 aliphatic rings. The summed E-state index contributed by atoms with van der Waals surface area (Å²) in [5, 5.41) is 0. The number of rotatable bonds is 1. The highest BCUT2D eigenvalue weighted by molar-refractivity contribution is 6.08. The summed E-state index contributed by atoms with van der Waals surface area (Å²) in [5.74, 6) is 0.770. The molecule has 0 aromatic heterocycles. The topological polar surface area (TPSA) is 46.6 Å². The van der Waals surface area contributed by atoms with Crippen molar-refractivity contribution in [1.82, 2.24) is 4.90 Å². The fraction of sp³-hybridized carbons (Fsp3) is 0.385. The van der Waals surface area contributed by atoms with Gasteiger partial charge in [0.1, 0.15) is 11.8 Å². The Balaban J connectivity index is 2.13. The summed E-state index contributed by atoms with van der Waals surface area (Å²) in [7, 11) is 1.63. The van der Waals surface area contributed by atoms with Crippen LogP contribution in [0.2, 0.25) is 0 Å². The minimum Gasteiger partial charge on any atom is -0.496 e. The molecule has 4 nitrogen and oxygen atoms in total. The minimum atomic E-state index is -0.374. The molecule has 0 radical (unpaired) electrons. The second-order valence-electron chi connectivity index (χ2n) is 4.41. The van der Waals surface area contributed by atoms with Crippen LogP contribution < -0.4 is 4.74 Å². The lowest BCUT2D eigenvalue weighted by molar-refractivity contribution is -0.129. The molecule has 88 valence electrons. The van der Waals surface area contributed by atoms with Crippen molar-refractivity contribution in [3.8, 4) is 5.75 Å². The van der Waals surface area contributed by atoms with Crippen LogP contribution in [0.3, 0.4) is 0 Å². The highest BCUT2D eigenvalue weighted by Gasteiger charge is 2.42. The molecule has 1 aromatic carbocycles. The van der Waals surface area contributed by atoms with E-state index >= 15 is 0 Å². The van der Waals surface area contributed by atoms with Crippen LogP contribution in [-0.2, 0) is 16.0 Å². The number of Topliss-reactive ketones (excluding diaryl/α,β-unsaturated/α-hetero) is 1. The Morgan fingerprint density at radius 3 is 2.94 bits per heavy atom. The van der Waals surface area contributed by atoms with E-state index < -0.39 is 0 Å². The summed E-state index contributed by atoms with van der Waals surface area (Å²) in [5.41, 5.74) is 2.01. The van der Waals surface area contributed by atoms with Gasteiger partial charge >= 0.3 is 0 Å². The zero-order valence-electron chi connectivity index (χ0n) is 9.60. The number of ether oxygens (including phenoxy) is 1. The summed E-state index contributed by atoms with van der Waals surface area (Å²) >= 11 is 0. The molecule has 2 heterocycles. The molecule has 0 bridgehead atoms. The van der Waals surface area contributed by atoms with Gasteiger partial charge < -0.3 is 9.64 Å². The number of hydrogen-bond acceptors (Lipinski definition) is 3. The van der Waals surface area contributed by atoms with Crippen LogP contribution in [0.1, 0.15) is 23.6 Å². The highest BCUT2D eigenvalue weighted by atomic mass is 16.5. The molecule has 1 saturated heterocycles. The van der Waals surface area contributed by atoms with E-state index in [1.54, 1.807) is 12.0 Å². The lowest BCUT2D eigenvalue weighted by Gasteiger charge is -2.31. The summed E-state index contributed by atoms with van der Waals surface area (Å²) in [6.07, 6.45) is 0.802. The third-order valence-electron chi connectivity index (χ3n) is 3.55. The highest BCUT2D eigenvalue weighted by Crippen LogP contribution is 2.39. The molecule has 17 heavy (non-hydrogen) atoms. The summed E-state index contributed by atoms with van der Waals surface area (Å²) in [6.45, 7) is 0.614. The van der Waals surface area contributed by atoms with Crippen molar-refractivity contribution >= 4 is 11.7 Å². The Morgan fingerprint density at radius 2 is 2.18 bits per heavy atom. The molecule has 1 amide bonds. The van der Waals surface area contributed by atoms with Gasteiger partial charge in [-0.1, -0.05) is 12.1 Å². The van der Waals surface area contributed by atoms with Crippen molar-refractivity contribution in [3.63, 3.8) is 0 Å². The van der Waals surface area contributed by atoms with Gasteiger partial charge in [0, 0.05) is 12.1 Å². The van der Waals surface area contributed by atoms with Crippen molar-refractivity contribution in [3.05, 3.63) is 29.3 Å². The van der Waals surface area contributed by atoms with Gasteiger partial charge in [-0.05, 0) is 18.1 Å². The van der Waals surface area contributed by atoms with Crippen LogP contribution in [0.5, 0.6) is 5.75 Å². The SMILES string of the molecule is COc1cccc2c1CCN1C(=O)CC(=O)C21. The van der Waals surface area contributed by atoms with Gasteiger partial charge in [-0.25, -0.2) is 0 Å². The molecule has 2 aliphatic heterocycles. The van der Waals surface area contributed by atoms with E-state index in [0.29, 0.717) is 6.54 Å². The van der Waals surface area contributed by atoms with Gasteiger partial charge in [0.2, 0.25) is 5.91 Å². The fourth-order valence-electron chi connectivity index (χ4n) is 2.79. The maximum absolute atomic E-state index is 11.9. The lowest BCUT2D eigenvalue weighted by atomic mass is 9.91. The van der Waals surface area contributed by atoms with Crippen molar-refractivity contribution in [1.29, 1.82) is 0 Å². The number of carbonyl (C=O) groups is 2.